The van der Waals surface area contributed by atoms with Crippen LogP contribution in [-0.2, 0) is 28.4 Å². The van der Waals surface area contributed by atoms with Crippen molar-refractivity contribution < 1.29 is 27.0 Å². The largest absolute Gasteiger partial charge is 0.416 e. The number of nitrogens with zero attached hydrogens (tertiary/aromatic N) is 1. The van der Waals surface area contributed by atoms with Crippen LogP contribution in [0.5, 0.6) is 0 Å². The molecule has 0 saturated heterocycles. The minimum absolute atomic E-state index is 0.0129. The van der Waals surface area contributed by atoms with Gasteiger partial charge in [-0.1, -0.05) is 29.8 Å². The van der Waals surface area contributed by atoms with Gasteiger partial charge < -0.3 is 10.3 Å². The zero-order valence-corrected chi connectivity index (χ0v) is 19.7. The van der Waals surface area contributed by atoms with Crippen molar-refractivity contribution in [1.29, 1.82) is 0 Å². The fourth-order valence-corrected chi connectivity index (χ4v) is 4.54. The summed E-state index contributed by atoms with van der Waals surface area (Å²) >= 11 is 6.00. The second-order valence-electron chi connectivity index (χ2n) is 7.71. The van der Waals surface area contributed by atoms with Crippen LogP contribution in [0.2, 0.25) is 5.02 Å². The molecule has 0 bridgehead atoms. The molecule has 3 aromatic rings. The molecule has 4 rings (SSSR count). The highest BCUT2D eigenvalue weighted by atomic mass is 35.5. The number of nitrogens with one attached hydrogen (secondary N) is 3. The van der Waals surface area contributed by atoms with Crippen molar-refractivity contribution in [3.63, 3.8) is 0 Å². The Kier molecular flexibility index (Phi) is 6.82. The summed E-state index contributed by atoms with van der Waals surface area (Å²) in [4.78, 5) is 32.9. The average Bonchev–Trinajstić information content (AvgIpc) is 3.28. The Balaban J connectivity index is 1.56. The van der Waals surface area contributed by atoms with Crippen LogP contribution in [0.4, 0.5) is 24.7 Å². The van der Waals surface area contributed by atoms with E-state index in [0.29, 0.717) is 23.5 Å². The number of Topliss-reactive ketones (excluding diaryl/α,β-unsaturated/α-hetero) is 1. The van der Waals surface area contributed by atoms with Crippen molar-refractivity contribution >= 4 is 50.6 Å². The van der Waals surface area contributed by atoms with E-state index in [1.54, 1.807) is 18.3 Å². The normalized spacial score (nSPS) is 13.9. The Labute approximate surface area is 205 Å². The molecule has 2 aromatic heterocycles. The van der Waals surface area contributed by atoms with Gasteiger partial charge in [-0.3, -0.25) is 14.3 Å². The summed E-state index contributed by atoms with van der Waals surface area (Å²) in [6.07, 6.45) is -0.498. The molecule has 1 aromatic carbocycles. The van der Waals surface area contributed by atoms with Crippen LogP contribution in [0.3, 0.4) is 0 Å². The molecule has 1 unspecified atom stereocenters. The van der Waals surface area contributed by atoms with Crippen LogP contribution in [0.1, 0.15) is 32.7 Å². The number of carbonyl (C=O) groups is 2. The Morgan fingerprint density at radius 3 is 2.74 bits per heavy atom. The number of aromatic amines is 1. The average molecular weight is 523 g/mol. The van der Waals surface area contributed by atoms with Gasteiger partial charge in [-0.25, -0.2) is 9.19 Å². The summed E-state index contributed by atoms with van der Waals surface area (Å²) in [6, 6.07) is 6.50. The van der Waals surface area contributed by atoms with E-state index in [0.717, 1.165) is 6.07 Å². The monoisotopic (exact) mass is 522 g/mol. The number of halogens is 4. The van der Waals surface area contributed by atoms with Crippen molar-refractivity contribution in [1.82, 2.24) is 9.97 Å². The van der Waals surface area contributed by atoms with Gasteiger partial charge in [0.1, 0.15) is 11.5 Å². The lowest BCUT2D eigenvalue weighted by molar-refractivity contribution is -0.138. The Morgan fingerprint density at radius 2 is 2.00 bits per heavy atom. The number of hydrogen-bond acceptors (Lipinski definition) is 5. The molecule has 1 aliphatic rings. The van der Waals surface area contributed by atoms with Crippen LogP contribution >= 0.6 is 11.6 Å². The van der Waals surface area contributed by atoms with Crippen LogP contribution < -0.4 is 10.0 Å². The minimum Gasteiger partial charge on any atom is -0.368 e. The Hall–Kier alpha value is -3.44. The van der Waals surface area contributed by atoms with Gasteiger partial charge >= 0.3 is 6.18 Å². The van der Waals surface area contributed by atoms with Crippen molar-refractivity contribution in [3.05, 3.63) is 81.8 Å². The zero-order chi connectivity index (χ0) is 25.3. The third-order valence-corrected chi connectivity index (χ3v) is 6.47. The second kappa shape index (κ2) is 9.67. The molecule has 1 aliphatic heterocycles. The smallest absolute Gasteiger partial charge is 0.368 e. The van der Waals surface area contributed by atoms with Gasteiger partial charge in [0.25, 0.3) is 0 Å². The molecule has 0 spiro atoms. The summed E-state index contributed by atoms with van der Waals surface area (Å²) in [5.41, 5.74) is 0.0432. The topological polar surface area (TPSA) is 104 Å². The van der Waals surface area contributed by atoms with Gasteiger partial charge in [-0.05, 0) is 36.2 Å². The SMILES string of the molecule is Cc1ccc(CC(=O)S(=O)Nc2cc(Cl)cnc2C(=O)C2=CCNc3[nH]ccc32)cc1C(F)(F)F. The highest BCUT2D eigenvalue weighted by Gasteiger charge is 2.33. The third kappa shape index (κ3) is 5.30. The fraction of sp³-hybridized carbons (Fsp3) is 0.174. The first kappa shape index (κ1) is 24.7. The molecular weight excluding hydrogens is 505 g/mol. The molecule has 0 fully saturated rings. The number of aryl methyl sites for hydroxylation is 1. The van der Waals surface area contributed by atoms with Crippen molar-refractivity contribution in [2.24, 2.45) is 0 Å². The molecule has 3 N–H and O–H groups in total. The van der Waals surface area contributed by atoms with Gasteiger partial charge in [-0.2, -0.15) is 13.2 Å². The van der Waals surface area contributed by atoms with Crippen LogP contribution in [0.25, 0.3) is 5.57 Å². The first-order valence-corrected chi connectivity index (χ1v) is 11.8. The Morgan fingerprint density at radius 1 is 1.23 bits per heavy atom. The van der Waals surface area contributed by atoms with Gasteiger partial charge in [0, 0.05) is 36.5 Å². The second-order valence-corrected chi connectivity index (χ2v) is 9.34. The van der Waals surface area contributed by atoms with E-state index in [1.165, 1.54) is 31.3 Å². The maximum absolute atomic E-state index is 13.3. The quantitative estimate of drug-likeness (QED) is 0.398. The number of aromatic nitrogens is 2. The maximum atomic E-state index is 13.3. The fourth-order valence-electron chi connectivity index (χ4n) is 3.62. The van der Waals surface area contributed by atoms with E-state index in [9.17, 15) is 27.0 Å². The van der Waals surface area contributed by atoms with Crippen LogP contribution in [0.15, 0.2) is 48.8 Å². The summed E-state index contributed by atoms with van der Waals surface area (Å²) in [6.45, 7) is 1.71. The lowest BCUT2D eigenvalue weighted by Gasteiger charge is -2.16. The third-order valence-electron chi connectivity index (χ3n) is 5.30. The number of H-pyrrole nitrogens is 1. The van der Waals surface area contributed by atoms with E-state index in [-0.39, 0.29) is 27.5 Å². The van der Waals surface area contributed by atoms with E-state index in [4.69, 9.17) is 11.6 Å². The van der Waals surface area contributed by atoms with E-state index < -0.39 is 40.0 Å². The first-order chi connectivity index (χ1) is 16.5. The predicted octanol–water partition coefficient (Wildman–Crippen LogP) is 4.93. The number of allylic oxidation sites excluding steroid dienone is 1. The zero-order valence-electron chi connectivity index (χ0n) is 18.1. The lowest BCUT2D eigenvalue weighted by atomic mass is 9.98. The van der Waals surface area contributed by atoms with Crippen molar-refractivity contribution in [3.8, 4) is 0 Å². The molecule has 0 amide bonds. The molecule has 7 nitrogen and oxygen atoms in total. The molecule has 12 heteroatoms. The van der Waals surface area contributed by atoms with Crippen molar-refractivity contribution in [2.45, 2.75) is 19.5 Å². The number of carbonyl (C=O) groups excluding carboxylic acids is 2. The number of ketones is 1. The highest BCUT2D eigenvalue weighted by molar-refractivity contribution is 8.01. The number of benzene rings is 1. The van der Waals surface area contributed by atoms with Gasteiger partial charge in [0.05, 0.1) is 16.3 Å². The predicted molar refractivity (Wildman–Crippen MR) is 127 cm³/mol. The number of anilines is 2. The summed E-state index contributed by atoms with van der Waals surface area (Å²) in [5, 5.41) is 2.33. The molecule has 0 aliphatic carbocycles. The standard InChI is InChI=1S/C23H18ClF3N4O3S/c1-12-2-3-13(8-17(12)23(25,26)27)9-19(32)35(34)31-18-10-14(24)11-30-20(18)21(33)15-4-6-28-22-16(15)5-7-29-22/h2-5,7-8,10-11,28-29,31H,6,9H2,1H3. The van der Waals surface area contributed by atoms with Gasteiger partial charge in [0.2, 0.25) is 10.9 Å². The van der Waals surface area contributed by atoms with E-state index in [2.05, 4.69) is 20.0 Å². The van der Waals surface area contributed by atoms with Crippen molar-refractivity contribution in [2.75, 3.05) is 16.6 Å². The maximum Gasteiger partial charge on any atom is 0.416 e. The van der Waals surface area contributed by atoms with Crippen LogP contribution in [-0.4, -0.2) is 31.6 Å². The molecule has 35 heavy (non-hydrogen) atoms. The number of alkyl halides is 3. The van der Waals surface area contributed by atoms with Gasteiger partial charge in [0.15, 0.2) is 11.0 Å². The lowest BCUT2D eigenvalue weighted by Crippen LogP contribution is -2.21. The summed E-state index contributed by atoms with van der Waals surface area (Å²) in [5.74, 6) is 0.179. The molecule has 0 radical (unpaired) electrons. The minimum atomic E-state index is -4.58. The number of pyridine rings is 1. The van der Waals surface area contributed by atoms with Gasteiger partial charge in [-0.15, -0.1) is 0 Å². The number of hydrogen-bond donors (Lipinski definition) is 3. The molecular formula is C23H18ClF3N4O3S. The van der Waals surface area contributed by atoms with Crippen LogP contribution in [0, 0.1) is 6.92 Å². The van der Waals surface area contributed by atoms with E-state index >= 15 is 0 Å². The summed E-state index contributed by atoms with van der Waals surface area (Å²) < 4.78 is 54.7. The number of rotatable bonds is 6. The first-order valence-electron chi connectivity index (χ1n) is 10.2. The molecule has 0 saturated carbocycles. The molecule has 1 atom stereocenters. The summed E-state index contributed by atoms with van der Waals surface area (Å²) in [7, 11) is -2.39. The van der Waals surface area contributed by atoms with E-state index in [1.807, 2.05) is 0 Å². The number of fused-ring (bicyclic) bond motifs is 1. The Bertz CT molecular complexity index is 1380. The molecule has 182 valence electrons. The molecule has 3 heterocycles. The highest BCUT2D eigenvalue weighted by Crippen LogP contribution is 2.33.